The number of ether oxygens (including phenoxy) is 4. The van der Waals surface area contributed by atoms with E-state index in [0.717, 1.165) is 48.2 Å². The molecule has 190 valence electrons. The molecule has 0 radical (unpaired) electrons. The number of nitrogens with zero attached hydrogens (tertiary/aromatic N) is 4. The lowest BCUT2D eigenvalue weighted by molar-refractivity contribution is 0.109. The molecule has 36 heavy (non-hydrogen) atoms. The molecular formula is C26H31N5O5. The largest absolute Gasteiger partial charge is 0.486 e. The van der Waals surface area contributed by atoms with Crippen LogP contribution in [0.4, 0.5) is 10.5 Å². The molecule has 10 heteroatoms. The minimum absolute atomic E-state index is 0.245. The zero-order chi connectivity index (χ0) is 24.9. The molecule has 5 rings (SSSR count). The molecule has 4 heterocycles. The lowest BCUT2D eigenvalue weighted by Gasteiger charge is -2.24. The molecule has 1 atom stereocenters. The summed E-state index contributed by atoms with van der Waals surface area (Å²) in [6.45, 7) is 4.19. The zero-order valence-corrected chi connectivity index (χ0v) is 20.4. The molecule has 1 amide bonds. The minimum atomic E-state index is -0.354. The van der Waals surface area contributed by atoms with E-state index in [4.69, 9.17) is 24.7 Å². The van der Waals surface area contributed by atoms with Crippen molar-refractivity contribution in [2.75, 3.05) is 57.9 Å². The van der Waals surface area contributed by atoms with E-state index in [9.17, 15) is 4.79 Å². The fourth-order valence-electron chi connectivity index (χ4n) is 4.66. The van der Waals surface area contributed by atoms with Gasteiger partial charge in [0.05, 0.1) is 30.4 Å². The number of nitrogens with two attached hydrogens (primary N) is 1. The normalized spacial score (nSPS) is 17.0. The number of anilines is 1. The van der Waals surface area contributed by atoms with Crippen molar-refractivity contribution in [3.63, 3.8) is 0 Å². The standard InChI is InChI=1S/C26H31N5O5/c1-33-24-7-5-21-25(29-24)18(8-10-28-21)3-2-11-30(12-9-27)16-20-17-31(26(32)36-20)19-4-6-22-23(15-19)35-14-13-34-22/h4-8,10,15,20H,2-3,9,11-14,16-17,27H2,1H3/t20-/m0/s1. The average Bonchev–Trinajstić information content (AvgIpc) is 3.28. The Morgan fingerprint density at radius 3 is 2.83 bits per heavy atom. The van der Waals surface area contributed by atoms with Crippen molar-refractivity contribution in [3.8, 4) is 17.4 Å². The number of pyridine rings is 2. The van der Waals surface area contributed by atoms with Crippen LogP contribution >= 0.6 is 0 Å². The third-order valence-corrected chi connectivity index (χ3v) is 6.39. The van der Waals surface area contributed by atoms with E-state index in [2.05, 4.69) is 14.9 Å². The highest BCUT2D eigenvalue weighted by Crippen LogP contribution is 2.35. The SMILES string of the molecule is COc1ccc2nccc(CCCN(CCN)C[C@H]3CN(c4ccc5c(c4)OCCO5)C(=O)O3)c2n1. The van der Waals surface area contributed by atoms with Crippen LogP contribution in [0.2, 0.25) is 0 Å². The number of carbonyl (C=O) groups is 1. The molecule has 1 aromatic carbocycles. The topological polar surface area (TPSA) is 112 Å². The summed E-state index contributed by atoms with van der Waals surface area (Å²) in [7, 11) is 1.61. The molecule has 0 bridgehead atoms. The Kier molecular flexibility index (Phi) is 7.33. The van der Waals surface area contributed by atoms with Gasteiger partial charge in [0.15, 0.2) is 11.5 Å². The van der Waals surface area contributed by atoms with Gasteiger partial charge in [0.2, 0.25) is 5.88 Å². The first-order valence-electron chi connectivity index (χ1n) is 12.2. The van der Waals surface area contributed by atoms with Gasteiger partial charge in [0.25, 0.3) is 0 Å². The minimum Gasteiger partial charge on any atom is -0.486 e. The Hall–Kier alpha value is -3.63. The number of cyclic esters (lactones) is 1. The summed E-state index contributed by atoms with van der Waals surface area (Å²) in [6, 6.07) is 11.3. The van der Waals surface area contributed by atoms with E-state index in [1.54, 1.807) is 12.0 Å². The van der Waals surface area contributed by atoms with Crippen LogP contribution in [-0.4, -0.2) is 80.1 Å². The van der Waals surface area contributed by atoms with Gasteiger partial charge in [0, 0.05) is 38.0 Å². The van der Waals surface area contributed by atoms with Crippen LogP contribution in [0.25, 0.3) is 11.0 Å². The van der Waals surface area contributed by atoms with Gasteiger partial charge in [-0.05, 0) is 49.2 Å². The Bertz CT molecular complexity index is 1220. The quantitative estimate of drug-likeness (QED) is 0.455. The van der Waals surface area contributed by atoms with Crippen molar-refractivity contribution < 1.29 is 23.7 Å². The van der Waals surface area contributed by atoms with Crippen molar-refractivity contribution in [2.24, 2.45) is 5.73 Å². The van der Waals surface area contributed by atoms with Crippen LogP contribution in [-0.2, 0) is 11.2 Å². The van der Waals surface area contributed by atoms with Crippen molar-refractivity contribution in [3.05, 3.63) is 48.2 Å². The monoisotopic (exact) mass is 493 g/mol. The highest BCUT2D eigenvalue weighted by Gasteiger charge is 2.34. The summed E-state index contributed by atoms with van der Waals surface area (Å²) in [6.07, 6.45) is 2.96. The van der Waals surface area contributed by atoms with Crippen molar-refractivity contribution >= 4 is 22.8 Å². The summed E-state index contributed by atoms with van der Waals surface area (Å²) in [5, 5.41) is 0. The molecule has 1 fully saturated rings. The smallest absolute Gasteiger partial charge is 0.414 e. The zero-order valence-electron chi connectivity index (χ0n) is 20.4. The van der Waals surface area contributed by atoms with Crippen LogP contribution in [0.5, 0.6) is 17.4 Å². The van der Waals surface area contributed by atoms with Crippen molar-refractivity contribution in [2.45, 2.75) is 18.9 Å². The summed E-state index contributed by atoms with van der Waals surface area (Å²) >= 11 is 0. The Morgan fingerprint density at radius 2 is 2.00 bits per heavy atom. The third-order valence-electron chi connectivity index (χ3n) is 6.39. The Labute approximate surface area is 209 Å². The maximum Gasteiger partial charge on any atom is 0.414 e. The number of rotatable bonds is 10. The maximum atomic E-state index is 12.6. The van der Waals surface area contributed by atoms with Crippen LogP contribution in [0.1, 0.15) is 12.0 Å². The number of amides is 1. The number of aryl methyl sites for hydroxylation is 1. The van der Waals surface area contributed by atoms with E-state index in [1.165, 1.54) is 0 Å². The number of fused-ring (bicyclic) bond motifs is 2. The second-order valence-electron chi connectivity index (χ2n) is 8.83. The van der Waals surface area contributed by atoms with Gasteiger partial charge in [-0.3, -0.25) is 14.8 Å². The third kappa shape index (κ3) is 5.29. The van der Waals surface area contributed by atoms with Gasteiger partial charge in [-0.15, -0.1) is 0 Å². The number of hydrogen-bond donors (Lipinski definition) is 1. The lowest BCUT2D eigenvalue weighted by Crippen LogP contribution is -2.38. The molecule has 0 spiro atoms. The highest BCUT2D eigenvalue weighted by atomic mass is 16.6. The first-order chi connectivity index (χ1) is 17.6. The predicted molar refractivity (Wildman–Crippen MR) is 135 cm³/mol. The summed E-state index contributed by atoms with van der Waals surface area (Å²) in [5.74, 6) is 1.92. The molecule has 2 aliphatic rings. The van der Waals surface area contributed by atoms with Crippen LogP contribution in [0.3, 0.4) is 0 Å². The number of hydrogen-bond acceptors (Lipinski definition) is 9. The first kappa shape index (κ1) is 24.1. The number of carbonyl (C=O) groups excluding carboxylic acids is 1. The molecule has 0 saturated carbocycles. The van der Waals surface area contributed by atoms with Crippen molar-refractivity contribution in [1.29, 1.82) is 0 Å². The van der Waals surface area contributed by atoms with Gasteiger partial charge < -0.3 is 24.7 Å². The van der Waals surface area contributed by atoms with Gasteiger partial charge in [-0.2, -0.15) is 0 Å². The van der Waals surface area contributed by atoms with Gasteiger partial charge in [0.1, 0.15) is 19.3 Å². The second-order valence-corrected chi connectivity index (χ2v) is 8.83. The van der Waals surface area contributed by atoms with E-state index in [-0.39, 0.29) is 12.2 Å². The van der Waals surface area contributed by atoms with Gasteiger partial charge in [-0.1, -0.05) is 0 Å². The van der Waals surface area contributed by atoms with Crippen LogP contribution in [0.15, 0.2) is 42.6 Å². The fourth-order valence-corrected chi connectivity index (χ4v) is 4.66. The average molecular weight is 494 g/mol. The van der Waals surface area contributed by atoms with Crippen molar-refractivity contribution in [1.82, 2.24) is 14.9 Å². The predicted octanol–water partition coefficient (Wildman–Crippen LogP) is 2.63. The summed E-state index contributed by atoms with van der Waals surface area (Å²) in [5.41, 5.74) is 9.47. The van der Waals surface area contributed by atoms with E-state index < -0.39 is 0 Å². The Balaban J connectivity index is 1.19. The van der Waals surface area contributed by atoms with Gasteiger partial charge >= 0.3 is 6.09 Å². The summed E-state index contributed by atoms with van der Waals surface area (Å²) < 4.78 is 22.2. The molecule has 10 nitrogen and oxygen atoms in total. The molecule has 1 saturated heterocycles. The summed E-state index contributed by atoms with van der Waals surface area (Å²) in [4.78, 5) is 25.5. The molecular weight excluding hydrogens is 462 g/mol. The van der Waals surface area contributed by atoms with Crippen LogP contribution in [0, 0.1) is 0 Å². The van der Waals surface area contributed by atoms with Gasteiger partial charge in [-0.25, -0.2) is 9.78 Å². The van der Waals surface area contributed by atoms with Crippen LogP contribution < -0.4 is 24.8 Å². The Morgan fingerprint density at radius 1 is 1.14 bits per heavy atom. The van der Waals surface area contributed by atoms with E-state index in [1.807, 2.05) is 42.6 Å². The van der Waals surface area contributed by atoms with E-state index in [0.29, 0.717) is 50.2 Å². The van der Waals surface area contributed by atoms with E-state index >= 15 is 0 Å². The molecule has 2 aliphatic heterocycles. The molecule has 0 aliphatic carbocycles. The maximum absolute atomic E-state index is 12.6. The second kappa shape index (κ2) is 11.0. The fraction of sp³-hybridized carbons (Fsp3) is 0.423. The molecule has 2 aromatic heterocycles. The number of methoxy groups -OCH3 is 1. The number of benzene rings is 1. The first-order valence-corrected chi connectivity index (χ1v) is 12.2. The number of aromatic nitrogens is 2. The molecule has 2 N–H and O–H groups in total. The lowest BCUT2D eigenvalue weighted by atomic mass is 10.1. The highest BCUT2D eigenvalue weighted by molar-refractivity contribution is 5.90. The molecule has 0 unspecified atom stereocenters. The molecule has 3 aromatic rings.